The summed E-state index contributed by atoms with van der Waals surface area (Å²) in [4.78, 5) is 2.90. The fourth-order valence-electron chi connectivity index (χ4n) is 2.83. The maximum absolute atomic E-state index is 12.3. The smallest absolute Gasteiger partial charge is 0.178 e. The standard InChI is InChI=1S/C18H27NO2S/c1-3-5-14-22(20,21)18-8-6-7-17(15-18)16-9-12-19(11-4-2)13-10-16/h6-9,15H,3-5,10-14H2,1-2H3. The van der Waals surface area contributed by atoms with Crippen molar-refractivity contribution in [3.63, 3.8) is 0 Å². The molecule has 0 saturated heterocycles. The number of unbranched alkanes of at least 4 members (excludes halogenated alkanes) is 1. The number of sulfone groups is 1. The summed E-state index contributed by atoms with van der Waals surface area (Å²) in [6.07, 6.45) is 6.04. The van der Waals surface area contributed by atoms with Gasteiger partial charge in [-0.2, -0.15) is 0 Å². The minimum atomic E-state index is -3.14. The van der Waals surface area contributed by atoms with Crippen LogP contribution >= 0.6 is 0 Å². The average Bonchev–Trinajstić information content (AvgIpc) is 2.54. The highest BCUT2D eigenvalue weighted by molar-refractivity contribution is 7.91. The van der Waals surface area contributed by atoms with Crippen molar-refractivity contribution >= 4 is 15.4 Å². The molecule has 1 aliphatic rings. The number of hydrogen-bond donors (Lipinski definition) is 0. The molecule has 0 fully saturated rings. The Morgan fingerprint density at radius 2 is 2.00 bits per heavy atom. The summed E-state index contributed by atoms with van der Waals surface area (Å²) in [7, 11) is -3.14. The zero-order valence-corrected chi connectivity index (χ0v) is 14.5. The van der Waals surface area contributed by atoms with Gasteiger partial charge in [0, 0.05) is 13.1 Å². The number of benzene rings is 1. The third-order valence-electron chi connectivity index (χ3n) is 4.16. The molecule has 1 aliphatic heterocycles. The summed E-state index contributed by atoms with van der Waals surface area (Å²) in [5.74, 6) is 0.246. The zero-order chi connectivity index (χ0) is 16.0. The van der Waals surface area contributed by atoms with E-state index in [-0.39, 0.29) is 5.75 Å². The van der Waals surface area contributed by atoms with Gasteiger partial charge in [-0.05, 0) is 49.1 Å². The van der Waals surface area contributed by atoms with Crippen LogP contribution in [0.5, 0.6) is 0 Å². The van der Waals surface area contributed by atoms with Gasteiger partial charge in [0.15, 0.2) is 9.84 Å². The molecular weight excluding hydrogens is 294 g/mol. The Kier molecular flexibility index (Phi) is 6.21. The van der Waals surface area contributed by atoms with Crippen LogP contribution in [0.1, 0.15) is 45.1 Å². The molecule has 0 saturated carbocycles. The first-order valence-electron chi connectivity index (χ1n) is 8.31. The maximum Gasteiger partial charge on any atom is 0.178 e. The minimum absolute atomic E-state index is 0.246. The van der Waals surface area contributed by atoms with E-state index < -0.39 is 9.84 Å². The summed E-state index contributed by atoms with van der Waals surface area (Å²) < 4.78 is 24.7. The quantitative estimate of drug-likeness (QED) is 0.767. The second-order valence-corrected chi connectivity index (χ2v) is 8.09. The summed E-state index contributed by atoms with van der Waals surface area (Å²) in [6.45, 7) is 7.38. The van der Waals surface area contributed by atoms with E-state index in [0.717, 1.165) is 44.5 Å². The van der Waals surface area contributed by atoms with Crippen molar-refractivity contribution < 1.29 is 8.42 Å². The van der Waals surface area contributed by atoms with Crippen LogP contribution in [0.15, 0.2) is 35.2 Å². The molecule has 0 amide bonds. The molecule has 122 valence electrons. The zero-order valence-electron chi connectivity index (χ0n) is 13.7. The van der Waals surface area contributed by atoms with Crippen molar-refractivity contribution in [2.24, 2.45) is 0 Å². The van der Waals surface area contributed by atoms with Crippen LogP contribution in [0.3, 0.4) is 0 Å². The average molecular weight is 321 g/mol. The molecular formula is C18H27NO2S. The summed E-state index contributed by atoms with van der Waals surface area (Å²) in [5.41, 5.74) is 2.34. The second-order valence-electron chi connectivity index (χ2n) is 5.98. The SMILES string of the molecule is CCCCS(=O)(=O)c1cccc(C2=CCN(CCC)CC2)c1. The fourth-order valence-corrected chi connectivity index (χ4v) is 4.33. The monoisotopic (exact) mass is 321 g/mol. The van der Waals surface area contributed by atoms with Crippen molar-refractivity contribution in [1.82, 2.24) is 4.90 Å². The Morgan fingerprint density at radius 3 is 2.64 bits per heavy atom. The van der Waals surface area contributed by atoms with Crippen LogP contribution in [0, 0.1) is 0 Å². The van der Waals surface area contributed by atoms with E-state index in [1.54, 1.807) is 6.07 Å². The van der Waals surface area contributed by atoms with Gasteiger partial charge < -0.3 is 0 Å². The van der Waals surface area contributed by atoms with Crippen LogP contribution in [-0.2, 0) is 9.84 Å². The molecule has 3 nitrogen and oxygen atoms in total. The molecule has 2 rings (SSSR count). The molecule has 1 aromatic rings. The van der Waals surface area contributed by atoms with Gasteiger partial charge in [0.25, 0.3) is 0 Å². The molecule has 1 heterocycles. The van der Waals surface area contributed by atoms with Gasteiger partial charge in [0.2, 0.25) is 0 Å². The van der Waals surface area contributed by atoms with Crippen LogP contribution in [0.4, 0.5) is 0 Å². The third kappa shape index (κ3) is 4.43. The number of nitrogens with zero attached hydrogens (tertiary/aromatic N) is 1. The predicted molar refractivity (Wildman–Crippen MR) is 92.7 cm³/mol. The molecule has 0 unspecified atom stereocenters. The molecule has 0 N–H and O–H groups in total. The Hall–Kier alpha value is -1.13. The summed E-state index contributed by atoms with van der Waals surface area (Å²) >= 11 is 0. The van der Waals surface area contributed by atoms with Crippen molar-refractivity contribution in [2.45, 2.75) is 44.4 Å². The largest absolute Gasteiger partial charge is 0.299 e. The molecule has 22 heavy (non-hydrogen) atoms. The second kappa shape index (κ2) is 7.93. The highest BCUT2D eigenvalue weighted by atomic mass is 32.2. The van der Waals surface area contributed by atoms with E-state index in [1.807, 2.05) is 25.1 Å². The molecule has 0 bridgehead atoms. The Morgan fingerprint density at radius 1 is 1.18 bits per heavy atom. The Balaban J connectivity index is 2.16. The fraction of sp³-hybridized carbons (Fsp3) is 0.556. The van der Waals surface area contributed by atoms with E-state index in [1.165, 1.54) is 12.0 Å². The summed E-state index contributed by atoms with van der Waals surface area (Å²) in [6, 6.07) is 7.47. The highest BCUT2D eigenvalue weighted by Gasteiger charge is 2.16. The molecule has 0 aromatic heterocycles. The summed E-state index contributed by atoms with van der Waals surface area (Å²) in [5, 5.41) is 0. The van der Waals surface area contributed by atoms with Gasteiger partial charge in [-0.15, -0.1) is 0 Å². The van der Waals surface area contributed by atoms with E-state index in [2.05, 4.69) is 17.9 Å². The number of rotatable bonds is 7. The van der Waals surface area contributed by atoms with Crippen molar-refractivity contribution in [3.8, 4) is 0 Å². The van der Waals surface area contributed by atoms with Gasteiger partial charge >= 0.3 is 0 Å². The van der Waals surface area contributed by atoms with Crippen LogP contribution in [-0.4, -0.2) is 38.7 Å². The van der Waals surface area contributed by atoms with Gasteiger partial charge in [-0.25, -0.2) is 8.42 Å². The first kappa shape index (κ1) is 17.2. The lowest BCUT2D eigenvalue weighted by Crippen LogP contribution is -2.29. The first-order chi connectivity index (χ1) is 10.6. The Bertz CT molecular complexity index is 620. The minimum Gasteiger partial charge on any atom is -0.299 e. The Labute approximate surface area is 135 Å². The van der Waals surface area contributed by atoms with Gasteiger partial charge in [-0.3, -0.25) is 4.90 Å². The van der Waals surface area contributed by atoms with E-state index >= 15 is 0 Å². The van der Waals surface area contributed by atoms with Crippen molar-refractivity contribution in [2.75, 3.05) is 25.4 Å². The van der Waals surface area contributed by atoms with Gasteiger partial charge in [-0.1, -0.05) is 38.5 Å². The van der Waals surface area contributed by atoms with Crippen LogP contribution in [0.2, 0.25) is 0 Å². The van der Waals surface area contributed by atoms with Gasteiger partial charge in [0.1, 0.15) is 0 Å². The molecule has 1 aromatic carbocycles. The lowest BCUT2D eigenvalue weighted by atomic mass is 9.99. The highest BCUT2D eigenvalue weighted by Crippen LogP contribution is 2.25. The van der Waals surface area contributed by atoms with Crippen molar-refractivity contribution in [3.05, 3.63) is 35.9 Å². The van der Waals surface area contributed by atoms with E-state index in [4.69, 9.17) is 0 Å². The van der Waals surface area contributed by atoms with E-state index in [9.17, 15) is 8.42 Å². The molecule has 4 heteroatoms. The predicted octanol–water partition coefficient (Wildman–Crippen LogP) is 3.76. The van der Waals surface area contributed by atoms with E-state index in [0.29, 0.717) is 4.90 Å². The maximum atomic E-state index is 12.3. The third-order valence-corrected chi connectivity index (χ3v) is 5.96. The molecule has 0 spiro atoms. The number of hydrogen-bond acceptors (Lipinski definition) is 3. The normalized spacial score (nSPS) is 16.5. The van der Waals surface area contributed by atoms with Crippen LogP contribution < -0.4 is 0 Å². The molecule has 0 aliphatic carbocycles. The molecule has 0 atom stereocenters. The van der Waals surface area contributed by atoms with Crippen LogP contribution in [0.25, 0.3) is 5.57 Å². The first-order valence-corrected chi connectivity index (χ1v) is 9.96. The lowest BCUT2D eigenvalue weighted by Gasteiger charge is -2.26. The van der Waals surface area contributed by atoms with Crippen molar-refractivity contribution in [1.29, 1.82) is 0 Å². The van der Waals surface area contributed by atoms with Gasteiger partial charge in [0.05, 0.1) is 10.6 Å². The lowest BCUT2D eigenvalue weighted by molar-refractivity contribution is 0.302. The topological polar surface area (TPSA) is 37.4 Å². The molecule has 0 radical (unpaired) electrons.